The highest BCUT2D eigenvalue weighted by Gasteiger charge is 2.52. The van der Waals surface area contributed by atoms with Gasteiger partial charge in [-0.2, -0.15) is 0 Å². The minimum atomic E-state index is -0.475. The predicted molar refractivity (Wildman–Crippen MR) is 121 cm³/mol. The molecule has 166 valence electrons. The molecule has 2 saturated heterocycles. The molecule has 3 fully saturated rings. The van der Waals surface area contributed by atoms with Crippen LogP contribution >= 0.6 is 0 Å². The number of rotatable bonds is 5. The van der Waals surface area contributed by atoms with Gasteiger partial charge >= 0.3 is 0 Å². The number of amides is 2. The average molecular weight is 422 g/mol. The number of benzene rings is 1. The van der Waals surface area contributed by atoms with Crippen LogP contribution in [0.4, 0.5) is 0 Å². The summed E-state index contributed by atoms with van der Waals surface area (Å²) in [6.07, 6.45) is 11.7. The van der Waals surface area contributed by atoms with Gasteiger partial charge < -0.3 is 10.2 Å². The maximum Gasteiger partial charge on any atom is 0.232 e. The van der Waals surface area contributed by atoms with Gasteiger partial charge in [0, 0.05) is 43.8 Å². The number of carbonyl (C=O) groups excluding carboxylic acids is 2. The maximum atomic E-state index is 13.6. The molecule has 1 saturated carbocycles. The molecule has 2 aliphatic carbocycles. The van der Waals surface area contributed by atoms with E-state index in [4.69, 9.17) is 0 Å². The SMILES string of the molecule is O=C1CC[C@]2(C(=O)NC3CCN(Cc4ccccc4)CC3)CCC=C2N1C1CCCC1. The fourth-order valence-electron chi connectivity index (χ4n) is 6.24. The summed E-state index contributed by atoms with van der Waals surface area (Å²) < 4.78 is 0. The fourth-order valence-corrected chi connectivity index (χ4v) is 6.24. The van der Waals surface area contributed by atoms with E-state index in [1.54, 1.807) is 0 Å². The molecule has 1 N–H and O–H groups in total. The van der Waals surface area contributed by atoms with E-state index in [1.807, 2.05) is 4.90 Å². The minimum Gasteiger partial charge on any atom is -0.352 e. The van der Waals surface area contributed by atoms with Crippen molar-refractivity contribution >= 4 is 11.8 Å². The Kier molecular flexibility index (Phi) is 5.87. The normalized spacial score (nSPS) is 27.9. The molecule has 31 heavy (non-hydrogen) atoms. The summed E-state index contributed by atoms with van der Waals surface area (Å²) in [6, 6.07) is 11.2. The van der Waals surface area contributed by atoms with Crippen molar-refractivity contribution in [2.45, 2.75) is 82.8 Å². The number of fused-ring (bicyclic) bond motifs is 1. The van der Waals surface area contributed by atoms with Crippen LogP contribution in [0.1, 0.15) is 69.8 Å². The van der Waals surface area contributed by atoms with Crippen molar-refractivity contribution in [2.24, 2.45) is 5.41 Å². The number of nitrogens with zero attached hydrogens (tertiary/aromatic N) is 2. The van der Waals surface area contributed by atoms with Crippen molar-refractivity contribution in [2.75, 3.05) is 13.1 Å². The van der Waals surface area contributed by atoms with E-state index in [9.17, 15) is 9.59 Å². The summed E-state index contributed by atoms with van der Waals surface area (Å²) in [5, 5.41) is 3.42. The average Bonchev–Trinajstić information content (AvgIpc) is 3.47. The molecule has 0 spiro atoms. The van der Waals surface area contributed by atoms with Crippen LogP contribution < -0.4 is 5.32 Å². The molecule has 2 heterocycles. The maximum absolute atomic E-state index is 13.6. The van der Waals surface area contributed by atoms with E-state index in [1.165, 1.54) is 18.4 Å². The third-order valence-corrected chi connectivity index (χ3v) is 7.99. The van der Waals surface area contributed by atoms with Crippen LogP contribution in [-0.2, 0) is 16.1 Å². The molecule has 0 unspecified atom stereocenters. The Bertz CT molecular complexity index is 837. The van der Waals surface area contributed by atoms with Crippen LogP contribution in [0.15, 0.2) is 42.1 Å². The van der Waals surface area contributed by atoms with Gasteiger partial charge in [-0.1, -0.05) is 49.2 Å². The van der Waals surface area contributed by atoms with Gasteiger partial charge in [-0.3, -0.25) is 14.5 Å². The predicted octanol–water partition coefficient (Wildman–Crippen LogP) is 4.00. The second-order valence-corrected chi connectivity index (χ2v) is 9.92. The van der Waals surface area contributed by atoms with E-state index >= 15 is 0 Å². The fraction of sp³-hybridized carbons (Fsp3) is 0.615. The Morgan fingerprint density at radius 2 is 1.77 bits per heavy atom. The molecular formula is C26H35N3O2. The van der Waals surface area contributed by atoms with E-state index in [0.29, 0.717) is 18.9 Å². The van der Waals surface area contributed by atoms with Gasteiger partial charge in [-0.05, 0) is 50.5 Å². The summed E-state index contributed by atoms with van der Waals surface area (Å²) in [7, 11) is 0. The highest BCUT2D eigenvalue weighted by atomic mass is 16.2. The zero-order valence-electron chi connectivity index (χ0n) is 18.5. The van der Waals surface area contributed by atoms with E-state index < -0.39 is 5.41 Å². The van der Waals surface area contributed by atoms with Crippen molar-refractivity contribution < 1.29 is 9.59 Å². The first kappa shape index (κ1) is 20.7. The second-order valence-electron chi connectivity index (χ2n) is 9.92. The number of piperidine rings is 2. The molecule has 2 amide bonds. The Hall–Kier alpha value is -2.14. The van der Waals surface area contributed by atoms with Gasteiger partial charge in [-0.15, -0.1) is 0 Å². The molecule has 2 aliphatic heterocycles. The first-order valence-corrected chi connectivity index (χ1v) is 12.3. The van der Waals surface area contributed by atoms with Gasteiger partial charge in [0.05, 0.1) is 5.41 Å². The molecule has 1 aromatic rings. The highest BCUT2D eigenvalue weighted by Crippen LogP contribution is 2.50. The van der Waals surface area contributed by atoms with Gasteiger partial charge in [0.1, 0.15) is 0 Å². The molecule has 4 aliphatic rings. The second kappa shape index (κ2) is 8.78. The molecule has 1 aromatic carbocycles. The Morgan fingerprint density at radius 3 is 2.52 bits per heavy atom. The van der Waals surface area contributed by atoms with Crippen LogP contribution in [0.2, 0.25) is 0 Å². The number of hydrogen-bond acceptors (Lipinski definition) is 3. The third-order valence-electron chi connectivity index (χ3n) is 7.99. The lowest BCUT2D eigenvalue weighted by Gasteiger charge is -2.45. The zero-order valence-corrected chi connectivity index (χ0v) is 18.5. The number of carbonyl (C=O) groups is 2. The topological polar surface area (TPSA) is 52.7 Å². The smallest absolute Gasteiger partial charge is 0.232 e. The number of allylic oxidation sites excluding steroid dienone is 1. The molecule has 0 radical (unpaired) electrons. The molecule has 5 nitrogen and oxygen atoms in total. The Morgan fingerprint density at radius 1 is 1.03 bits per heavy atom. The van der Waals surface area contributed by atoms with E-state index in [-0.39, 0.29) is 17.9 Å². The Balaban J connectivity index is 1.21. The minimum absolute atomic E-state index is 0.174. The van der Waals surface area contributed by atoms with Gasteiger partial charge in [0.25, 0.3) is 0 Å². The molecule has 0 aromatic heterocycles. The zero-order chi connectivity index (χ0) is 21.3. The van der Waals surface area contributed by atoms with Crippen molar-refractivity contribution in [1.82, 2.24) is 15.1 Å². The highest BCUT2D eigenvalue weighted by molar-refractivity contribution is 5.92. The molecular weight excluding hydrogens is 386 g/mol. The van der Waals surface area contributed by atoms with Gasteiger partial charge in [-0.25, -0.2) is 0 Å². The summed E-state index contributed by atoms with van der Waals surface area (Å²) >= 11 is 0. The van der Waals surface area contributed by atoms with Crippen molar-refractivity contribution in [1.29, 1.82) is 0 Å². The number of likely N-dealkylation sites (tertiary alicyclic amines) is 2. The molecule has 0 bridgehead atoms. The standard InChI is InChI=1S/C26H35N3O2/c30-24-12-16-26(15-6-11-23(26)29(24)22-9-4-5-10-22)25(31)27-21-13-17-28(18-14-21)19-20-7-2-1-3-8-20/h1-3,7-8,11,21-22H,4-6,9-10,12-19H2,(H,27,31)/t26-/m1/s1. The first-order chi connectivity index (χ1) is 15.2. The lowest BCUT2D eigenvalue weighted by atomic mass is 9.75. The van der Waals surface area contributed by atoms with Gasteiger partial charge in [0.2, 0.25) is 11.8 Å². The lowest BCUT2D eigenvalue weighted by Crippen LogP contribution is -2.55. The third kappa shape index (κ3) is 4.05. The van der Waals surface area contributed by atoms with E-state index in [2.05, 4.69) is 46.6 Å². The summed E-state index contributed by atoms with van der Waals surface area (Å²) in [6.45, 7) is 3.02. The number of nitrogens with one attached hydrogen (secondary N) is 1. The van der Waals surface area contributed by atoms with Crippen LogP contribution in [-0.4, -0.2) is 46.8 Å². The summed E-state index contributed by atoms with van der Waals surface area (Å²) in [5.41, 5.74) is 1.91. The van der Waals surface area contributed by atoms with Crippen LogP contribution in [0, 0.1) is 5.41 Å². The van der Waals surface area contributed by atoms with Gasteiger partial charge in [0.15, 0.2) is 0 Å². The van der Waals surface area contributed by atoms with Crippen LogP contribution in [0.5, 0.6) is 0 Å². The van der Waals surface area contributed by atoms with E-state index in [0.717, 1.165) is 63.9 Å². The van der Waals surface area contributed by atoms with Crippen LogP contribution in [0.25, 0.3) is 0 Å². The molecule has 5 rings (SSSR count). The molecule has 1 atom stereocenters. The van der Waals surface area contributed by atoms with Crippen molar-refractivity contribution in [3.63, 3.8) is 0 Å². The van der Waals surface area contributed by atoms with Crippen molar-refractivity contribution in [3.05, 3.63) is 47.7 Å². The van der Waals surface area contributed by atoms with Crippen molar-refractivity contribution in [3.8, 4) is 0 Å². The monoisotopic (exact) mass is 421 g/mol. The lowest BCUT2D eigenvalue weighted by molar-refractivity contribution is -0.141. The number of hydrogen-bond donors (Lipinski definition) is 1. The quantitative estimate of drug-likeness (QED) is 0.782. The largest absolute Gasteiger partial charge is 0.352 e. The summed E-state index contributed by atoms with van der Waals surface area (Å²) in [4.78, 5) is 31.0. The van der Waals surface area contributed by atoms with Crippen LogP contribution in [0.3, 0.4) is 0 Å². The Labute approximate surface area is 185 Å². The first-order valence-electron chi connectivity index (χ1n) is 12.3. The summed E-state index contributed by atoms with van der Waals surface area (Å²) in [5.74, 6) is 0.408. The molecule has 5 heteroatoms.